The second kappa shape index (κ2) is 5.16. The van der Waals surface area contributed by atoms with Crippen molar-refractivity contribution >= 4 is 28.3 Å². The van der Waals surface area contributed by atoms with Gasteiger partial charge in [0.2, 0.25) is 0 Å². The van der Waals surface area contributed by atoms with Gasteiger partial charge in [0.25, 0.3) is 0 Å². The average molecular weight is 316 g/mol. The molecule has 0 aliphatic carbocycles. The summed E-state index contributed by atoms with van der Waals surface area (Å²) in [6.45, 7) is 5.67. The molecule has 0 saturated carbocycles. The fourth-order valence-electron chi connectivity index (χ4n) is 2.01. The maximum Gasteiger partial charge on any atom is 0.0377 e. The van der Waals surface area contributed by atoms with E-state index in [-0.39, 0.29) is 0 Å². The summed E-state index contributed by atoms with van der Waals surface area (Å²) in [7, 11) is 0. The Morgan fingerprint density at radius 3 is 3.13 bits per heavy atom. The van der Waals surface area contributed by atoms with Gasteiger partial charge in [-0.1, -0.05) is 6.07 Å². The standard InChI is InChI=1S/C12H17IN2/c1-10-9-15(7-3-6-14-10)12-5-2-4-11(13)8-12/h2,4-5,8,10,14H,3,6-7,9H2,1H3. The van der Waals surface area contributed by atoms with Gasteiger partial charge in [-0.3, -0.25) is 0 Å². The van der Waals surface area contributed by atoms with Crippen molar-refractivity contribution in [3.63, 3.8) is 0 Å². The van der Waals surface area contributed by atoms with Crippen LogP contribution in [0.1, 0.15) is 13.3 Å². The third-order valence-corrected chi connectivity index (χ3v) is 3.44. The van der Waals surface area contributed by atoms with Gasteiger partial charge in [0.1, 0.15) is 0 Å². The molecule has 2 nitrogen and oxygen atoms in total. The third kappa shape index (κ3) is 3.08. The van der Waals surface area contributed by atoms with E-state index in [0.29, 0.717) is 6.04 Å². The number of hydrogen-bond acceptors (Lipinski definition) is 2. The van der Waals surface area contributed by atoms with Gasteiger partial charge >= 0.3 is 0 Å². The quantitative estimate of drug-likeness (QED) is 0.801. The highest BCUT2D eigenvalue weighted by molar-refractivity contribution is 14.1. The number of nitrogens with one attached hydrogen (secondary N) is 1. The van der Waals surface area contributed by atoms with Crippen molar-refractivity contribution in [2.24, 2.45) is 0 Å². The van der Waals surface area contributed by atoms with E-state index in [1.807, 2.05) is 0 Å². The van der Waals surface area contributed by atoms with Crippen LogP contribution < -0.4 is 10.2 Å². The molecule has 0 amide bonds. The lowest BCUT2D eigenvalue weighted by Crippen LogP contribution is -2.35. The van der Waals surface area contributed by atoms with Crippen LogP contribution in [0.25, 0.3) is 0 Å². The molecule has 0 aromatic heterocycles. The van der Waals surface area contributed by atoms with Crippen LogP contribution >= 0.6 is 22.6 Å². The van der Waals surface area contributed by atoms with Crippen LogP contribution in [0.4, 0.5) is 5.69 Å². The number of rotatable bonds is 1. The predicted octanol–water partition coefficient (Wildman–Crippen LogP) is 2.48. The lowest BCUT2D eigenvalue weighted by atomic mass is 10.2. The van der Waals surface area contributed by atoms with Crippen LogP contribution in [0.3, 0.4) is 0 Å². The van der Waals surface area contributed by atoms with Crippen LogP contribution in [0.5, 0.6) is 0 Å². The summed E-state index contributed by atoms with van der Waals surface area (Å²) in [5, 5.41) is 3.52. The second-order valence-corrected chi connectivity index (χ2v) is 5.38. The monoisotopic (exact) mass is 316 g/mol. The third-order valence-electron chi connectivity index (χ3n) is 2.77. The molecule has 0 spiro atoms. The summed E-state index contributed by atoms with van der Waals surface area (Å²) in [5.41, 5.74) is 1.36. The molecular formula is C12H17IN2. The normalized spacial score (nSPS) is 22.5. The molecule has 1 aromatic carbocycles. The number of benzene rings is 1. The van der Waals surface area contributed by atoms with E-state index < -0.39 is 0 Å². The maximum atomic E-state index is 3.52. The van der Waals surface area contributed by atoms with Gasteiger partial charge in [-0.15, -0.1) is 0 Å². The van der Waals surface area contributed by atoms with Gasteiger partial charge in [0, 0.05) is 28.4 Å². The molecular weight excluding hydrogens is 299 g/mol. The van der Waals surface area contributed by atoms with Gasteiger partial charge in [-0.25, -0.2) is 0 Å². The topological polar surface area (TPSA) is 15.3 Å². The Balaban J connectivity index is 2.14. The number of anilines is 1. The van der Waals surface area contributed by atoms with Gasteiger partial charge in [0.15, 0.2) is 0 Å². The second-order valence-electron chi connectivity index (χ2n) is 4.13. The molecule has 1 saturated heterocycles. The minimum atomic E-state index is 0.588. The van der Waals surface area contributed by atoms with Crippen molar-refractivity contribution in [2.45, 2.75) is 19.4 Å². The molecule has 1 N–H and O–H groups in total. The maximum absolute atomic E-state index is 3.52. The highest BCUT2D eigenvalue weighted by atomic mass is 127. The van der Waals surface area contributed by atoms with Crippen molar-refractivity contribution in [3.05, 3.63) is 27.8 Å². The lowest BCUT2D eigenvalue weighted by Gasteiger charge is -2.24. The fraction of sp³-hybridized carbons (Fsp3) is 0.500. The summed E-state index contributed by atoms with van der Waals surface area (Å²) >= 11 is 2.37. The first-order valence-electron chi connectivity index (χ1n) is 5.49. The zero-order valence-corrected chi connectivity index (χ0v) is 11.2. The van der Waals surface area contributed by atoms with Crippen LogP contribution in [0.2, 0.25) is 0 Å². The first-order valence-corrected chi connectivity index (χ1v) is 6.57. The Kier molecular flexibility index (Phi) is 3.86. The molecule has 15 heavy (non-hydrogen) atoms. The summed E-state index contributed by atoms with van der Waals surface area (Å²) in [6, 6.07) is 9.34. The molecule has 3 heteroatoms. The van der Waals surface area contributed by atoms with E-state index in [1.54, 1.807) is 0 Å². The van der Waals surface area contributed by atoms with Crippen molar-refractivity contribution in [1.82, 2.24) is 5.32 Å². The zero-order chi connectivity index (χ0) is 10.7. The molecule has 1 atom stereocenters. The molecule has 1 aromatic rings. The van der Waals surface area contributed by atoms with Gasteiger partial charge in [-0.05, 0) is 60.7 Å². The smallest absolute Gasteiger partial charge is 0.0377 e. The van der Waals surface area contributed by atoms with Gasteiger partial charge in [-0.2, -0.15) is 0 Å². The molecule has 2 rings (SSSR count). The van der Waals surface area contributed by atoms with E-state index in [2.05, 4.69) is 64.0 Å². The summed E-state index contributed by atoms with van der Waals surface area (Å²) in [5.74, 6) is 0. The lowest BCUT2D eigenvalue weighted by molar-refractivity contribution is 0.585. The van der Waals surface area contributed by atoms with Crippen molar-refractivity contribution in [3.8, 4) is 0 Å². The average Bonchev–Trinajstić information content (AvgIpc) is 2.43. The summed E-state index contributed by atoms with van der Waals surface area (Å²) in [4.78, 5) is 2.48. The minimum absolute atomic E-state index is 0.588. The predicted molar refractivity (Wildman–Crippen MR) is 73.5 cm³/mol. The van der Waals surface area contributed by atoms with E-state index in [0.717, 1.165) is 19.6 Å². The Morgan fingerprint density at radius 2 is 2.33 bits per heavy atom. The van der Waals surface area contributed by atoms with E-state index in [1.165, 1.54) is 15.7 Å². The Labute approximate surface area is 105 Å². The van der Waals surface area contributed by atoms with E-state index in [4.69, 9.17) is 0 Å². The first kappa shape index (κ1) is 11.2. The van der Waals surface area contributed by atoms with Crippen molar-refractivity contribution < 1.29 is 0 Å². The van der Waals surface area contributed by atoms with Gasteiger partial charge in [0.05, 0.1) is 0 Å². The van der Waals surface area contributed by atoms with Crippen LogP contribution in [-0.2, 0) is 0 Å². The summed E-state index contributed by atoms with van der Waals surface area (Å²) in [6.07, 6.45) is 1.23. The van der Waals surface area contributed by atoms with E-state index in [9.17, 15) is 0 Å². The van der Waals surface area contributed by atoms with Crippen LogP contribution in [-0.4, -0.2) is 25.7 Å². The van der Waals surface area contributed by atoms with Gasteiger partial charge < -0.3 is 10.2 Å². The molecule has 1 aliphatic heterocycles. The Morgan fingerprint density at radius 1 is 1.47 bits per heavy atom. The highest BCUT2D eigenvalue weighted by Gasteiger charge is 2.14. The Hall–Kier alpha value is -0.290. The largest absolute Gasteiger partial charge is 0.370 e. The zero-order valence-electron chi connectivity index (χ0n) is 9.04. The molecule has 1 fully saturated rings. The number of nitrogens with zero attached hydrogens (tertiary/aromatic N) is 1. The minimum Gasteiger partial charge on any atom is -0.370 e. The molecule has 0 radical (unpaired) electrons. The van der Waals surface area contributed by atoms with E-state index >= 15 is 0 Å². The Bertz CT molecular complexity index is 327. The SMILES string of the molecule is CC1CN(c2cccc(I)c2)CCCN1. The number of hydrogen-bond donors (Lipinski definition) is 1. The fourth-order valence-corrected chi connectivity index (χ4v) is 2.54. The van der Waals surface area contributed by atoms with Crippen molar-refractivity contribution in [1.29, 1.82) is 0 Å². The molecule has 1 unspecified atom stereocenters. The highest BCUT2D eigenvalue weighted by Crippen LogP contribution is 2.18. The molecule has 0 bridgehead atoms. The molecule has 1 heterocycles. The number of halogens is 1. The first-order chi connectivity index (χ1) is 7.25. The molecule has 1 aliphatic rings. The molecule has 82 valence electrons. The van der Waals surface area contributed by atoms with Crippen LogP contribution in [0.15, 0.2) is 24.3 Å². The van der Waals surface area contributed by atoms with Crippen LogP contribution in [0, 0.1) is 3.57 Å². The van der Waals surface area contributed by atoms with Crippen molar-refractivity contribution in [2.75, 3.05) is 24.5 Å². The summed E-state index contributed by atoms with van der Waals surface area (Å²) < 4.78 is 1.31.